The minimum atomic E-state index is -4.73. The van der Waals surface area contributed by atoms with Crippen LogP contribution in [0.4, 0.5) is 40.8 Å². The fourth-order valence-electron chi connectivity index (χ4n) is 4.03. The summed E-state index contributed by atoms with van der Waals surface area (Å²) < 4.78 is 57.8. The molecule has 0 radical (unpaired) electrons. The van der Waals surface area contributed by atoms with Crippen LogP contribution in [0.25, 0.3) is 0 Å². The molecule has 1 aromatic heterocycles. The van der Waals surface area contributed by atoms with Gasteiger partial charge in [0.05, 0.1) is 18.3 Å². The van der Waals surface area contributed by atoms with Gasteiger partial charge < -0.3 is 20.3 Å². The first-order chi connectivity index (χ1) is 17.6. The number of aromatic nitrogens is 3. The van der Waals surface area contributed by atoms with Gasteiger partial charge in [0.15, 0.2) is 0 Å². The molecule has 12 heteroatoms. The van der Waals surface area contributed by atoms with Crippen molar-refractivity contribution in [3.8, 4) is 0 Å². The van der Waals surface area contributed by atoms with Crippen molar-refractivity contribution >= 4 is 29.2 Å². The van der Waals surface area contributed by atoms with Gasteiger partial charge in [0.2, 0.25) is 17.8 Å². The largest absolute Gasteiger partial charge is 0.419 e. The Bertz CT molecular complexity index is 1260. The van der Waals surface area contributed by atoms with Gasteiger partial charge in [0.25, 0.3) is 0 Å². The zero-order valence-electron chi connectivity index (χ0n) is 20.3. The Morgan fingerprint density at radius 3 is 2.54 bits per heavy atom. The van der Waals surface area contributed by atoms with Crippen LogP contribution in [0.2, 0.25) is 0 Å². The number of nitrogens with one attached hydrogen (secondary N) is 2. The number of alkyl halides is 3. The third-order valence-corrected chi connectivity index (χ3v) is 6.00. The molecule has 1 saturated heterocycles. The minimum absolute atomic E-state index is 0.0243. The smallest absolute Gasteiger partial charge is 0.373 e. The second-order valence-corrected chi connectivity index (χ2v) is 8.70. The van der Waals surface area contributed by atoms with Crippen LogP contribution in [0, 0.1) is 12.7 Å². The molecule has 3 aromatic rings. The van der Waals surface area contributed by atoms with Gasteiger partial charge in [-0.3, -0.25) is 4.79 Å². The maximum Gasteiger partial charge on any atom is 0.419 e. The van der Waals surface area contributed by atoms with Crippen molar-refractivity contribution in [2.24, 2.45) is 0 Å². The number of anilines is 4. The Labute approximate surface area is 211 Å². The highest BCUT2D eigenvalue weighted by Gasteiger charge is 2.34. The SMILES string of the molecule is CC(=O)Nc1cccc(Nc2ncnc(N3CCC(OCc4ccc(C(F)(F)F)c(F)c4)CC3)n2)c1C. The van der Waals surface area contributed by atoms with Crippen molar-refractivity contribution in [1.82, 2.24) is 15.0 Å². The minimum Gasteiger partial charge on any atom is -0.373 e. The zero-order chi connectivity index (χ0) is 26.6. The summed E-state index contributed by atoms with van der Waals surface area (Å²) in [4.78, 5) is 26.4. The molecule has 0 atom stereocenters. The second kappa shape index (κ2) is 11.1. The third kappa shape index (κ3) is 6.70. The number of ether oxygens (including phenoxy) is 1. The Morgan fingerprint density at radius 2 is 1.86 bits per heavy atom. The number of benzene rings is 2. The summed E-state index contributed by atoms with van der Waals surface area (Å²) in [5.74, 6) is -0.617. The van der Waals surface area contributed by atoms with Gasteiger partial charge >= 0.3 is 6.18 Å². The summed E-state index contributed by atoms with van der Waals surface area (Å²) in [6.45, 7) is 4.55. The van der Waals surface area contributed by atoms with E-state index in [2.05, 4.69) is 25.6 Å². The van der Waals surface area contributed by atoms with Crippen LogP contribution in [0.15, 0.2) is 42.7 Å². The summed E-state index contributed by atoms with van der Waals surface area (Å²) in [5.41, 5.74) is 1.33. The zero-order valence-corrected chi connectivity index (χ0v) is 20.3. The molecular formula is C25H26F4N6O2. The van der Waals surface area contributed by atoms with Gasteiger partial charge in [0, 0.05) is 31.4 Å². The fraction of sp³-hybridized carbons (Fsp3) is 0.360. The van der Waals surface area contributed by atoms with Crippen molar-refractivity contribution in [3.63, 3.8) is 0 Å². The number of hydrogen-bond donors (Lipinski definition) is 2. The molecule has 196 valence electrons. The van der Waals surface area contributed by atoms with Crippen LogP contribution < -0.4 is 15.5 Å². The lowest BCUT2D eigenvalue weighted by molar-refractivity contribution is -0.140. The molecule has 8 nitrogen and oxygen atoms in total. The average molecular weight is 519 g/mol. The predicted molar refractivity (Wildman–Crippen MR) is 130 cm³/mol. The van der Waals surface area contributed by atoms with E-state index in [-0.39, 0.29) is 18.6 Å². The van der Waals surface area contributed by atoms with Gasteiger partial charge in [-0.2, -0.15) is 18.2 Å². The van der Waals surface area contributed by atoms with E-state index < -0.39 is 17.6 Å². The second-order valence-electron chi connectivity index (χ2n) is 8.70. The summed E-state index contributed by atoms with van der Waals surface area (Å²) in [5, 5.41) is 5.95. The lowest BCUT2D eigenvalue weighted by Gasteiger charge is -2.32. The Morgan fingerprint density at radius 1 is 1.14 bits per heavy atom. The number of piperidine rings is 1. The van der Waals surface area contributed by atoms with E-state index in [1.54, 1.807) is 6.07 Å². The van der Waals surface area contributed by atoms with Gasteiger partial charge in [-0.15, -0.1) is 0 Å². The van der Waals surface area contributed by atoms with Crippen molar-refractivity contribution in [2.75, 3.05) is 28.6 Å². The lowest BCUT2D eigenvalue weighted by atomic mass is 10.1. The third-order valence-electron chi connectivity index (χ3n) is 6.00. The van der Waals surface area contributed by atoms with Crippen molar-refractivity contribution < 1.29 is 27.1 Å². The lowest BCUT2D eigenvalue weighted by Crippen LogP contribution is -2.38. The Balaban J connectivity index is 1.32. The summed E-state index contributed by atoms with van der Waals surface area (Å²) in [6.07, 6.45) is -2.14. The summed E-state index contributed by atoms with van der Waals surface area (Å²) in [7, 11) is 0. The number of amides is 1. The first kappa shape index (κ1) is 26.3. The molecule has 2 N–H and O–H groups in total. The standard InChI is InChI=1S/C25H26F4N6O2/c1-15-21(32-16(2)36)4-3-5-22(15)33-23-30-14-31-24(34-23)35-10-8-18(9-11-35)37-13-17-6-7-19(20(26)12-17)25(27,28)29/h3-7,12,14,18H,8-11,13H2,1-2H3,(H,32,36)(H,30,31,33,34). The van der Waals surface area contributed by atoms with Crippen molar-refractivity contribution in [2.45, 2.75) is 45.6 Å². The van der Waals surface area contributed by atoms with Crippen molar-refractivity contribution in [1.29, 1.82) is 0 Å². The highest BCUT2D eigenvalue weighted by atomic mass is 19.4. The molecular weight excluding hydrogens is 492 g/mol. The summed E-state index contributed by atoms with van der Waals surface area (Å²) >= 11 is 0. The molecule has 0 aliphatic carbocycles. The Hall–Kier alpha value is -3.80. The van der Waals surface area contributed by atoms with E-state index in [0.717, 1.165) is 23.4 Å². The van der Waals surface area contributed by atoms with Crippen LogP contribution in [0.1, 0.15) is 36.5 Å². The van der Waals surface area contributed by atoms with Gasteiger partial charge in [-0.1, -0.05) is 12.1 Å². The fourth-order valence-corrected chi connectivity index (χ4v) is 4.03. The van der Waals surface area contributed by atoms with Crippen molar-refractivity contribution in [3.05, 3.63) is 65.2 Å². The van der Waals surface area contributed by atoms with Crippen LogP contribution in [-0.2, 0) is 22.3 Å². The number of carbonyl (C=O) groups is 1. The molecule has 1 aliphatic rings. The molecule has 2 heterocycles. The van der Waals surface area contributed by atoms with E-state index in [0.29, 0.717) is 49.1 Å². The highest BCUT2D eigenvalue weighted by Crippen LogP contribution is 2.32. The molecule has 1 aliphatic heterocycles. The molecule has 1 amide bonds. The maximum absolute atomic E-state index is 13.8. The topological polar surface area (TPSA) is 92.3 Å². The molecule has 0 bridgehead atoms. The number of halogens is 4. The maximum atomic E-state index is 13.8. The number of nitrogens with zero attached hydrogens (tertiary/aromatic N) is 4. The monoisotopic (exact) mass is 518 g/mol. The number of carbonyl (C=O) groups excluding carboxylic acids is 1. The molecule has 0 spiro atoms. The molecule has 0 unspecified atom stereocenters. The van der Waals surface area contributed by atoms with Gasteiger partial charge in [-0.25, -0.2) is 14.4 Å². The summed E-state index contributed by atoms with van der Waals surface area (Å²) in [6, 6.07) is 8.31. The van der Waals surface area contributed by atoms with E-state index in [1.165, 1.54) is 19.3 Å². The van der Waals surface area contributed by atoms with Gasteiger partial charge in [-0.05, 0) is 55.2 Å². The average Bonchev–Trinajstić information content (AvgIpc) is 2.85. The first-order valence-corrected chi connectivity index (χ1v) is 11.7. The van der Waals surface area contributed by atoms with Crippen LogP contribution >= 0.6 is 0 Å². The molecule has 0 saturated carbocycles. The molecule has 4 rings (SSSR count). The van der Waals surface area contributed by atoms with Gasteiger partial charge in [0.1, 0.15) is 12.1 Å². The van der Waals surface area contributed by atoms with E-state index >= 15 is 0 Å². The first-order valence-electron chi connectivity index (χ1n) is 11.7. The highest BCUT2D eigenvalue weighted by molar-refractivity contribution is 5.90. The molecule has 2 aromatic carbocycles. The van der Waals surface area contributed by atoms with E-state index in [4.69, 9.17) is 4.74 Å². The quantitative estimate of drug-likeness (QED) is 0.414. The van der Waals surface area contributed by atoms with Crippen LogP contribution in [-0.4, -0.2) is 40.1 Å². The van der Waals surface area contributed by atoms with Crippen LogP contribution in [0.3, 0.4) is 0 Å². The van der Waals surface area contributed by atoms with E-state index in [1.807, 2.05) is 24.0 Å². The molecule has 1 fully saturated rings. The van der Waals surface area contributed by atoms with E-state index in [9.17, 15) is 22.4 Å². The number of rotatable bonds is 7. The number of hydrogen-bond acceptors (Lipinski definition) is 7. The molecule has 37 heavy (non-hydrogen) atoms. The predicted octanol–water partition coefficient (Wildman–Crippen LogP) is 5.23. The van der Waals surface area contributed by atoms with Crippen LogP contribution in [0.5, 0.6) is 0 Å². The Kier molecular flexibility index (Phi) is 7.86. The normalized spacial score (nSPS) is 14.5.